The molecule has 12 rings (SSSR count). The van der Waals surface area contributed by atoms with Gasteiger partial charge in [0, 0.05) is 34.4 Å². The van der Waals surface area contributed by atoms with Crippen molar-refractivity contribution in [2.75, 3.05) is 0 Å². The van der Waals surface area contributed by atoms with E-state index in [9.17, 15) is 38.4 Å². The van der Waals surface area contributed by atoms with Crippen LogP contribution in [0.5, 0.6) is 0 Å². The van der Waals surface area contributed by atoms with Crippen LogP contribution in [-0.2, 0) is 0 Å². The van der Waals surface area contributed by atoms with Gasteiger partial charge in [0.2, 0.25) is 28.2 Å². The largest absolute Gasteiger partial charge is 0.463 e. The Labute approximate surface area is 495 Å². The van der Waals surface area contributed by atoms with E-state index in [1.165, 1.54) is 24.5 Å². The van der Waals surface area contributed by atoms with E-state index in [2.05, 4.69) is 11.8 Å². The fraction of sp³-hybridized carbons (Fsp3) is 0. The smallest absolute Gasteiger partial charge is 0.268 e. The molecule has 12 nitrogen and oxygen atoms in total. The number of fused-ring (bicyclic) bond motifs is 4. The highest BCUT2D eigenvalue weighted by molar-refractivity contribution is 14.1. The minimum Gasteiger partial charge on any atom is -0.463 e. The molecule has 0 fully saturated rings. The molecule has 0 bridgehead atoms. The van der Waals surface area contributed by atoms with Gasteiger partial charge in [0.25, 0.3) is 5.78 Å². The van der Waals surface area contributed by atoms with Crippen molar-refractivity contribution in [3.63, 3.8) is 0 Å². The van der Waals surface area contributed by atoms with Crippen LogP contribution in [0, 0.1) is 32.0 Å². The summed E-state index contributed by atoms with van der Waals surface area (Å²) >= 11 is 3.95. The van der Waals surface area contributed by atoms with E-state index in [4.69, 9.17) is 30.5 Å². The van der Waals surface area contributed by atoms with E-state index in [-0.39, 0.29) is 49.7 Å². The van der Waals surface area contributed by atoms with Crippen LogP contribution < -0.4 is 21.7 Å². The molecule has 0 amide bonds. The number of Topliss-reactive ketones (excluding diaryl/α,β-unsaturated/α-hetero) is 4. The Morgan fingerprint density at radius 1 is 0.366 bits per heavy atom. The Hall–Kier alpha value is -10.1. The quantitative estimate of drug-likeness (QED) is 0.0664. The third-order valence-electron chi connectivity index (χ3n) is 11.4. The molecule has 0 saturated carbocycles. The van der Waals surface area contributed by atoms with Crippen LogP contribution in [0.25, 0.3) is 43.9 Å². The van der Waals surface area contributed by atoms with Crippen LogP contribution in [0.2, 0.25) is 0 Å². The van der Waals surface area contributed by atoms with Crippen LogP contribution in [0.1, 0.15) is 52.8 Å². The molecule has 0 aliphatic carbocycles. The molecule has 0 N–H and O–H groups in total. The minimum absolute atomic E-state index is 0.0150. The highest BCUT2D eigenvalue weighted by Gasteiger charge is 2.23. The third-order valence-corrected chi connectivity index (χ3v) is 12.7. The summed E-state index contributed by atoms with van der Waals surface area (Å²) in [5.74, 6) is 1.70. The second-order valence-corrected chi connectivity index (χ2v) is 19.1. The molecule has 4 heterocycles. The van der Waals surface area contributed by atoms with Crippen molar-refractivity contribution in [3.05, 3.63) is 325 Å². The van der Waals surface area contributed by atoms with Gasteiger partial charge in [0.15, 0.2) is 20.4 Å². The van der Waals surface area contributed by atoms with E-state index < -0.39 is 28.6 Å². The molecular formula is C68H42I2O12. The zero-order valence-electron chi connectivity index (χ0n) is 42.9. The van der Waals surface area contributed by atoms with Gasteiger partial charge in [-0.15, -0.1) is 12.8 Å². The normalized spacial score (nSPS) is 9.95. The maximum Gasteiger partial charge on any atom is 0.268 e. The minimum atomic E-state index is -0.860. The number of hydrogen-bond donors (Lipinski definition) is 0. The lowest BCUT2D eigenvalue weighted by molar-refractivity contribution is 0.0801. The fourth-order valence-corrected chi connectivity index (χ4v) is 8.26. The lowest BCUT2D eigenvalue weighted by Crippen LogP contribution is -2.22. The fourth-order valence-electron chi connectivity index (χ4n) is 7.32. The standard InChI is InChI=1S/2C17H10O4.2C9H5IO2.2C8H6/c18-15(11-6-2-1-3-7-11)17(20)13-10-21-14-9-5-4-8-12(14)16(13)19;18-13-10-15(21-14-9-5-4-8-12(13)14)17(20)16(19)11-6-2-1-3-7-11;10-7-5-12-8-4-2-1-3-6(8)9(7)11;10-9-5-7(11)6-3-1-2-4-8(6)12-9;2*1-2-8-6-4-3-5-7-8/h2*1-10H;2*1-5H;2*1,3-7H. The lowest BCUT2D eigenvalue weighted by atomic mass is 10.0. The molecular weight excluding hydrogens is 1260 g/mol. The third kappa shape index (κ3) is 16.0. The van der Waals surface area contributed by atoms with E-state index in [1.807, 2.05) is 130 Å². The van der Waals surface area contributed by atoms with Crippen LogP contribution in [0.15, 0.2) is 280 Å². The Bertz CT molecular complexity index is 4510. The summed E-state index contributed by atoms with van der Waals surface area (Å²) in [5, 5.41) is 1.94. The molecule has 0 aliphatic heterocycles. The van der Waals surface area contributed by atoms with Crippen molar-refractivity contribution >= 4 is 112 Å². The van der Waals surface area contributed by atoms with Gasteiger partial charge < -0.3 is 17.7 Å². The summed E-state index contributed by atoms with van der Waals surface area (Å²) in [6.07, 6.45) is 12.7. The number of para-hydroxylation sites is 4. The van der Waals surface area contributed by atoms with Crippen LogP contribution in [-0.4, -0.2) is 23.1 Å². The highest BCUT2D eigenvalue weighted by Crippen LogP contribution is 2.17. The van der Waals surface area contributed by atoms with Gasteiger partial charge in [-0.1, -0.05) is 157 Å². The number of halogens is 2. The molecule has 400 valence electrons. The summed E-state index contributed by atoms with van der Waals surface area (Å²) in [7, 11) is 0. The van der Waals surface area contributed by atoms with Gasteiger partial charge >= 0.3 is 0 Å². The Morgan fingerprint density at radius 3 is 1.20 bits per heavy atom. The average Bonchev–Trinajstić information content (AvgIpc) is 3.53. The van der Waals surface area contributed by atoms with Crippen molar-refractivity contribution in [1.82, 2.24) is 0 Å². The first-order chi connectivity index (χ1) is 39.8. The molecule has 82 heavy (non-hydrogen) atoms. The summed E-state index contributed by atoms with van der Waals surface area (Å²) in [4.78, 5) is 95.6. The van der Waals surface area contributed by atoms with E-state index in [1.54, 1.807) is 121 Å². The number of ketones is 4. The molecule has 0 unspecified atom stereocenters. The number of benzene rings is 8. The first-order valence-electron chi connectivity index (χ1n) is 24.5. The Morgan fingerprint density at radius 2 is 0.732 bits per heavy atom. The van der Waals surface area contributed by atoms with E-state index >= 15 is 0 Å². The van der Waals surface area contributed by atoms with Crippen LogP contribution in [0.4, 0.5) is 0 Å². The lowest BCUT2D eigenvalue weighted by Gasteiger charge is -2.02. The first kappa shape index (κ1) is 59.5. The second kappa shape index (κ2) is 29.7. The van der Waals surface area contributed by atoms with Gasteiger partial charge in [-0.3, -0.25) is 38.4 Å². The average molecular weight is 1300 g/mol. The van der Waals surface area contributed by atoms with Gasteiger partial charge in [-0.05, 0) is 118 Å². The summed E-state index contributed by atoms with van der Waals surface area (Å²) in [6.45, 7) is 0. The monoisotopic (exact) mass is 1300 g/mol. The summed E-state index contributed by atoms with van der Waals surface area (Å²) in [5.41, 5.74) is 3.31. The summed E-state index contributed by atoms with van der Waals surface area (Å²) < 4.78 is 22.4. The number of terminal acetylenes is 2. The van der Waals surface area contributed by atoms with Crippen molar-refractivity contribution < 1.29 is 36.8 Å². The maximum absolute atomic E-state index is 12.3. The number of carbonyl (C=O) groups excluding carboxylic acids is 4. The molecule has 8 aromatic carbocycles. The number of carbonyl (C=O) groups is 4. The van der Waals surface area contributed by atoms with Gasteiger partial charge in [0.1, 0.15) is 40.4 Å². The SMILES string of the molecule is C#Cc1ccccc1.C#Cc1ccccc1.O=C(C(=O)c1cc(=O)c2ccccc2o1)c1ccccc1.O=C(C(=O)c1coc2ccccc2c1=O)c1ccccc1.O=c1c(I)coc2ccccc12.O=c1cc(I)oc2ccccc12. The molecule has 4 aromatic heterocycles. The molecule has 14 heteroatoms. The zero-order valence-corrected chi connectivity index (χ0v) is 47.2. The number of hydrogen-bond acceptors (Lipinski definition) is 12. The molecule has 0 radical (unpaired) electrons. The second-order valence-electron chi connectivity index (χ2n) is 16.8. The zero-order chi connectivity index (χ0) is 58.4. The summed E-state index contributed by atoms with van der Waals surface area (Å²) in [6, 6.07) is 65.7. The predicted molar refractivity (Wildman–Crippen MR) is 334 cm³/mol. The highest BCUT2D eigenvalue weighted by atomic mass is 127. The van der Waals surface area contributed by atoms with Crippen molar-refractivity contribution in [1.29, 1.82) is 0 Å². The predicted octanol–water partition coefficient (Wildman–Crippen LogP) is 13.8. The van der Waals surface area contributed by atoms with E-state index in [0.717, 1.165) is 23.5 Å². The molecule has 0 aliphatic rings. The van der Waals surface area contributed by atoms with Crippen LogP contribution >= 0.6 is 45.2 Å². The van der Waals surface area contributed by atoms with Crippen molar-refractivity contribution in [3.8, 4) is 24.7 Å². The molecule has 12 aromatic rings. The first-order valence-corrected chi connectivity index (χ1v) is 26.6. The molecule has 0 saturated heterocycles. The van der Waals surface area contributed by atoms with Gasteiger partial charge in [-0.2, -0.15) is 0 Å². The Kier molecular flexibility index (Phi) is 21.6. The number of rotatable bonds is 6. The molecule has 0 spiro atoms. The topological polar surface area (TPSA) is 189 Å². The Balaban J connectivity index is 0.000000148. The van der Waals surface area contributed by atoms with Crippen molar-refractivity contribution in [2.24, 2.45) is 0 Å². The van der Waals surface area contributed by atoms with E-state index in [0.29, 0.717) is 40.2 Å². The molecule has 0 atom stereocenters. The van der Waals surface area contributed by atoms with Crippen LogP contribution in [0.3, 0.4) is 0 Å². The van der Waals surface area contributed by atoms with Crippen molar-refractivity contribution in [2.45, 2.75) is 0 Å². The maximum atomic E-state index is 12.3. The van der Waals surface area contributed by atoms with Gasteiger partial charge in [0.05, 0.1) is 25.1 Å². The van der Waals surface area contributed by atoms with Gasteiger partial charge in [-0.25, -0.2) is 0 Å².